The molecular formula is C48H91N15O11S2. The fourth-order valence-corrected chi connectivity index (χ4v) is 8.04. The number of guanidine groups is 1. The molecule has 11 atom stereocenters. The molecule has 0 saturated heterocycles. The van der Waals surface area contributed by atoms with Gasteiger partial charge in [-0.15, -0.1) is 0 Å². The summed E-state index contributed by atoms with van der Waals surface area (Å²) in [5, 5.41) is 34.0. The standard InChI is InChI=1S/C48H91N15O11S2/c1-10-27(8)37(46(73)61-35(23-76)45(72)63-38(28(9)64)47(74)59-33(20-26(6)7)43(70)58-31(39(51)66)18-24(2)3)62-41(68)30(15-13-17-54-48(52)53)56-40(67)29(14-11-12-16-49)57-44(71)34(22-75)60-42(69)32(19-25(4)5)55-36(65)21-50/h24-35,37-38,64,75-76H,10-23,49-50H2,1-9H3,(H2,51,66)(H,55,65)(H,56,67)(H,57,71)(H,58,70)(H,59,74)(H,60,69)(H,61,73)(H,62,68)(H,63,72)(H4,52,53,54)/t27-,28+,29-,30-,31-,32-,33-,34-,35-,37-,38-/m0/s1. The van der Waals surface area contributed by atoms with Crippen molar-refractivity contribution in [3.63, 3.8) is 0 Å². The number of nitrogens with two attached hydrogens (primary N) is 5. The Balaban J connectivity index is 6.67. The predicted octanol–water partition coefficient (Wildman–Crippen LogP) is -3.60. The highest BCUT2D eigenvalue weighted by molar-refractivity contribution is 7.80. The lowest BCUT2D eigenvalue weighted by Gasteiger charge is -2.30. The van der Waals surface area contributed by atoms with Gasteiger partial charge in [0.05, 0.1) is 12.6 Å². The molecule has 26 nitrogen and oxygen atoms in total. The summed E-state index contributed by atoms with van der Waals surface area (Å²) >= 11 is 8.52. The maximum Gasteiger partial charge on any atom is 0.245 e. The number of thiol groups is 2. The van der Waals surface area contributed by atoms with Crippen molar-refractivity contribution in [2.75, 3.05) is 31.1 Å². The first kappa shape index (κ1) is 70.5. The summed E-state index contributed by atoms with van der Waals surface area (Å²) in [6, 6.07) is -11.5. The molecule has 10 amide bonds. The van der Waals surface area contributed by atoms with Gasteiger partial charge in [-0.25, -0.2) is 0 Å². The molecule has 0 aromatic rings. The second-order valence-corrected chi connectivity index (χ2v) is 20.9. The summed E-state index contributed by atoms with van der Waals surface area (Å²) in [5.74, 6) is -9.35. The van der Waals surface area contributed by atoms with Crippen molar-refractivity contribution < 1.29 is 53.1 Å². The fraction of sp³-hybridized carbons (Fsp3) is 0.771. The minimum atomic E-state index is -1.64. The zero-order chi connectivity index (χ0) is 58.4. The van der Waals surface area contributed by atoms with E-state index in [1.54, 1.807) is 27.7 Å². The average Bonchev–Trinajstić information content (AvgIpc) is 3.34. The summed E-state index contributed by atoms with van der Waals surface area (Å²) in [6.07, 6.45) is 0.378. The lowest BCUT2D eigenvalue weighted by Crippen LogP contribution is -2.62. The van der Waals surface area contributed by atoms with E-state index >= 15 is 0 Å². The van der Waals surface area contributed by atoms with E-state index in [2.05, 4.69) is 78.1 Å². The topological polar surface area (TPSA) is 442 Å². The highest BCUT2D eigenvalue weighted by Gasteiger charge is 2.37. The molecule has 0 heterocycles. The molecule has 0 aromatic carbocycles. The van der Waals surface area contributed by atoms with E-state index in [1.807, 2.05) is 27.7 Å². The summed E-state index contributed by atoms with van der Waals surface area (Å²) in [4.78, 5) is 139. The van der Waals surface area contributed by atoms with Crippen LogP contribution in [-0.4, -0.2) is 162 Å². The van der Waals surface area contributed by atoms with Crippen LogP contribution in [0.5, 0.6) is 0 Å². The Morgan fingerprint density at radius 3 is 1.28 bits per heavy atom. The second-order valence-electron chi connectivity index (χ2n) is 20.2. The number of hydrogen-bond acceptors (Lipinski definition) is 16. The molecule has 0 aromatic heterocycles. The lowest BCUT2D eigenvalue weighted by atomic mass is 9.97. The Morgan fingerprint density at radius 1 is 0.474 bits per heavy atom. The molecule has 28 heteroatoms. The number of aliphatic hydroxyl groups excluding tert-OH is 1. The van der Waals surface area contributed by atoms with Crippen LogP contribution < -0.4 is 76.5 Å². The predicted molar refractivity (Wildman–Crippen MR) is 296 cm³/mol. The van der Waals surface area contributed by atoms with E-state index < -0.39 is 125 Å². The van der Waals surface area contributed by atoms with E-state index in [1.165, 1.54) is 6.92 Å². The summed E-state index contributed by atoms with van der Waals surface area (Å²) < 4.78 is 0. The third kappa shape index (κ3) is 27.6. The SMILES string of the molecule is CC[C@H](C)[C@H](NC(=O)[C@H](CCCN=C(N)N)NC(=O)[C@H](CCCCN)NC(=O)[C@H](CS)NC(=O)[C@H](CC(C)C)NC(=O)CN)C(=O)N[C@@H](CS)C(=O)N[C@H](C(=O)N[C@@H](CC(C)C)C(=O)N[C@@H](CC(C)C)C(N)=O)[C@@H](C)O. The number of carbonyl (C=O) groups is 10. The van der Waals surface area contributed by atoms with Crippen LogP contribution in [0.4, 0.5) is 0 Å². The number of nitrogens with one attached hydrogen (secondary N) is 9. The van der Waals surface area contributed by atoms with Gasteiger partial charge in [0.25, 0.3) is 0 Å². The highest BCUT2D eigenvalue weighted by Crippen LogP contribution is 2.14. The Bertz CT molecular complexity index is 1930. The van der Waals surface area contributed by atoms with Gasteiger partial charge in [-0.1, -0.05) is 61.8 Å². The van der Waals surface area contributed by atoms with Gasteiger partial charge >= 0.3 is 0 Å². The van der Waals surface area contributed by atoms with E-state index in [-0.39, 0.29) is 93.4 Å². The van der Waals surface area contributed by atoms with Crippen molar-refractivity contribution >= 4 is 90.3 Å². The second kappa shape index (κ2) is 37.3. The molecule has 436 valence electrons. The number of amides is 10. The molecule has 0 aliphatic rings. The number of unbranched alkanes of at least 4 members (excludes halogenated alkanes) is 1. The van der Waals surface area contributed by atoms with E-state index in [9.17, 15) is 53.1 Å². The maximum atomic E-state index is 14.3. The van der Waals surface area contributed by atoms with Crippen molar-refractivity contribution in [3.8, 4) is 0 Å². The molecule has 20 N–H and O–H groups in total. The Hall–Kier alpha value is -5.45. The number of primary amides is 1. The minimum absolute atomic E-state index is 0.00431. The summed E-state index contributed by atoms with van der Waals surface area (Å²) in [7, 11) is 0. The number of aliphatic imine (C=N–C) groups is 1. The molecule has 0 saturated carbocycles. The number of hydrogen-bond donors (Lipinski definition) is 17. The Kier molecular flexibility index (Phi) is 34.7. The molecule has 0 unspecified atom stereocenters. The van der Waals surface area contributed by atoms with Gasteiger partial charge in [-0.05, 0) is 88.5 Å². The van der Waals surface area contributed by atoms with Crippen LogP contribution in [-0.2, 0) is 47.9 Å². The van der Waals surface area contributed by atoms with Crippen molar-refractivity contribution in [1.29, 1.82) is 0 Å². The van der Waals surface area contributed by atoms with Crippen LogP contribution in [0.15, 0.2) is 4.99 Å². The average molecular weight is 1120 g/mol. The first-order valence-electron chi connectivity index (χ1n) is 25.9. The quantitative estimate of drug-likeness (QED) is 0.0123. The molecular weight excluding hydrogens is 1030 g/mol. The smallest absolute Gasteiger partial charge is 0.245 e. The van der Waals surface area contributed by atoms with E-state index in [0.29, 0.717) is 19.3 Å². The number of aliphatic hydroxyl groups is 1. The number of nitrogens with zero attached hydrogens (tertiary/aromatic N) is 1. The molecule has 0 radical (unpaired) electrons. The van der Waals surface area contributed by atoms with Crippen molar-refractivity contribution in [2.24, 2.45) is 57.3 Å². The summed E-state index contributed by atoms with van der Waals surface area (Å²) in [6.45, 7) is 15.6. The monoisotopic (exact) mass is 1120 g/mol. The highest BCUT2D eigenvalue weighted by atomic mass is 32.1. The number of rotatable bonds is 38. The van der Waals surface area contributed by atoms with Gasteiger partial charge in [0.1, 0.15) is 54.4 Å². The summed E-state index contributed by atoms with van der Waals surface area (Å²) in [5.41, 5.74) is 27.7. The molecule has 0 aliphatic carbocycles. The third-order valence-electron chi connectivity index (χ3n) is 11.9. The van der Waals surface area contributed by atoms with Gasteiger partial charge in [-0.3, -0.25) is 52.9 Å². The lowest BCUT2D eigenvalue weighted by molar-refractivity contribution is -0.137. The first-order chi connectivity index (χ1) is 35.6. The Morgan fingerprint density at radius 2 is 0.842 bits per heavy atom. The Labute approximate surface area is 458 Å². The van der Waals surface area contributed by atoms with Gasteiger partial charge < -0.3 is 81.6 Å². The molecule has 0 bridgehead atoms. The number of carbonyl (C=O) groups excluding carboxylic acids is 10. The van der Waals surface area contributed by atoms with Crippen molar-refractivity contribution in [3.05, 3.63) is 0 Å². The van der Waals surface area contributed by atoms with Crippen molar-refractivity contribution in [1.82, 2.24) is 47.9 Å². The molecule has 0 spiro atoms. The normalized spacial score (nSPS) is 15.6. The van der Waals surface area contributed by atoms with Gasteiger partial charge in [0.15, 0.2) is 5.96 Å². The van der Waals surface area contributed by atoms with Crippen LogP contribution in [0.2, 0.25) is 0 Å². The molecule has 0 rings (SSSR count). The largest absolute Gasteiger partial charge is 0.391 e. The van der Waals surface area contributed by atoms with Gasteiger partial charge in [-0.2, -0.15) is 25.3 Å². The van der Waals surface area contributed by atoms with Crippen molar-refractivity contribution in [2.45, 2.75) is 181 Å². The maximum absolute atomic E-state index is 14.3. The molecule has 0 aliphatic heterocycles. The van der Waals surface area contributed by atoms with E-state index in [4.69, 9.17) is 28.7 Å². The van der Waals surface area contributed by atoms with Gasteiger partial charge in [0.2, 0.25) is 59.1 Å². The minimum Gasteiger partial charge on any atom is -0.391 e. The van der Waals surface area contributed by atoms with E-state index in [0.717, 1.165) is 0 Å². The first-order valence-corrected chi connectivity index (χ1v) is 27.2. The zero-order valence-electron chi connectivity index (χ0n) is 45.7. The van der Waals surface area contributed by atoms with Crippen LogP contribution in [0.1, 0.15) is 120 Å². The third-order valence-corrected chi connectivity index (χ3v) is 12.6. The van der Waals surface area contributed by atoms with Crippen LogP contribution in [0.25, 0.3) is 0 Å². The van der Waals surface area contributed by atoms with Crippen LogP contribution in [0, 0.1) is 23.7 Å². The van der Waals surface area contributed by atoms with Crippen LogP contribution in [0.3, 0.4) is 0 Å². The molecule has 76 heavy (non-hydrogen) atoms. The fourth-order valence-electron chi connectivity index (χ4n) is 7.53. The molecule has 0 fully saturated rings. The van der Waals surface area contributed by atoms with Crippen LogP contribution >= 0.6 is 25.3 Å². The zero-order valence-corrected chi connectivity index (χ0v) is 47.5. The van der Waals surface area contributed by atoms with Gasteiger partial charge in [0, 0.05) is 18.1 Å².